The van der Waals surface area contributed by atoms with Crippen molar-refractivity contribution >= 4 is 34.3 Å². The second-order valence-corrected chi connectivity index (χ2v) is 10.6. The highest BCUT2D eigenvalue weighted by Crippen LogP contribution is 2.48. The molecular formula is C23H28ClFN4O4. The lowest BCUT2D eigenvalue weighted by Gasteiger charge is -2.51. The molecule has 2 fully saturated rings. The minimum atomic E-state index is -0.834. The third-order valence-electron chi connectivity index (χ3n) is 7.08. The summed E-state index contributed by atoms with van der Waals surface area (Å²) in [5.74, 6) is 0.172. The van der Waals surface area contributed by atoms with Crippen LogP contribution in [0.25, 0.3) is 10.8 Å². The number of aryl methyl sites for hydroxylation is 2. The van der Waals surface area contributed by atoms with Crippen LogP contribution in [-0.2, 0) is 4.74 Å². The number of amides is 1. The van der Waals surface area contributed by atoms with E-state index in [2.05, 4.69) is 9.88 Å². The van der Waals surface area contributed by atoms with Gasteiger partial charge in [-0.3, -0.25) is 4.90 Å². The smallest absolute Gasteiger partial charge is 0.411 e. The van der Waals surface area contributed by atoms with Crippen molar-refractivity contribution in [3.63, 3.8) is 0 Å². The Morgan fingerprint density at radius 2 is 2.03 bits per heavy atom. The summed E-state index contributed by atoms with van der Waals surface area (Å²) >= 11 is 6.11. The van der Waals surface area contributed by atoms with Crippen LogP contribution < -0.4 is 9.64 Å². The molecule has 0 spiro atoms. The summed E-state index contributed by atoms with van der Waals surface area (Å²) in [6, 6.07) is -0.539. The van der Waals surface area contributed by atoms with Gasteiger partial charge < -0.3 is 19.5 Å². The highest BCUT2D eigenvalue weighted by atomic mass is 35.5. The molecule has 2 aromatic heterocycles. The van der Waals surface area contributed by atoms with Crippen LogP contribution in [0.5, 0.6) is 5.88 Å². The minimum Gasteiger partial charge on any atom is -0.475 e. The van der Waals surface area contributed by atoms with Gasteiger partial charge in [-0.15, -0.1) is 0 Å². The van der Waals surface area contributed by atoms with Gasteiger partial charge in [0.15, 0.2) is 11.0 Å². The van der Waals surface area contributed by atoms with Gasteiger partial charge in [0.25, 0.3) is 0 Å². The molecule has 3 atom stereocenters. The molecule has 1 amide bonds. The number of piperazine rings is 1. The fourth-order valence-electron chi connectivity index (χ4n) is 5.49. The van der Waals surface area contributed by atoms with Crippen LogP contribution in [-0.4, -0.2) is 69.0 Å². The van der Waals surface area contributed by atoms with Crippen LogP contribution >= 0.6 is 11.6 Å². The summed E-state index contributed by atoms with van der Waals surface area (Å²) < 4.78 is 26.9. The van der Waals surface area contributed by atoms with E-state index in [1.54, 1.807) is 11.8 Å². The van der Waals surface area contributed by atoms with Crippen molar-refractivity contribution in [2.24, 2.45) is 0 Å². The van der Waals surface area contributed by atoms with Crippen molar-refractivity contribution in [3.05, 3.63) is 22.2 Å². The summed E-state index contributed by atoms with van der Waals surface area (Å²) in [5.41, 5.74) is -0.157. The van der Waals surface area contributed by atoms with Gasteiger partial charge >= 0.3 is 6.09 Å². The molecule has 33 heavy (non-hydrogen) atoms. The van der Waals surface area contributed by atoms with E-state index < -0.39 is 23.1 Å². The fraction of sp³-hybridized carbons (Fsp3) is 0.609. The molecule has 3 aliphatic rings. The second-order valence-electron chi connectivity index (χ2n) is 10.3. The van der Waals surface area contributed by atoms with Gasteiger partial charge in [0, 0.05) is 17.6 Å². The Balaban J connectivity index is 1.67. The van der Waals surface area contributed by atoms with Gasteiger partial charge in [-0.2, -0.15) is 4.98 Å². The molecule has 2 saturated heterocycles. The molecule has 0 saturated carbocycles. The molecule has 0 aliphatic carbocycles. The van der Waals surface area contributed by atoms with Crippen LogP contribution in [0.1, 0.15) is 44.9 Å². The van der Waals surface area contributed by atoms with E-state index in [0.717, 1.165) is 0 Å². The van der Waals surface area contributed by atoms with Crippen molar-refractivity contribution in [1.29, 1.82) is 0 Å². The Hall–Kier alpha value is -2.39. The maximum Gasteiger partial charge on any atom is 0.411 e. The zero-order valence-electron chi connectivity index (χ0n) is 19.4. The van der Waals surface area contributed by atoms with Gasteiger partial charge in [0.1, 0.15) is 18.0 Å². The number of carbonyl (C=O) groups is 1. The van der Waals surface area contributed by atoms with Crippen LogP contribution in [0.3, 0.4) is 0 Å². The topological polar surface area (TPSA) is 88.0 Å². The maximum absolute atomic E-state index is 15.1. The zero-order chi connectivity index (χ0) is 23.9. The quantitative estimate of drug-likeness (QED) is 0.624. The predicted octanol–water partition coefficient (Wildman–Crippen LogP) is 3.75. The van der Waals surface area contributed by atoms with Crippen molar-refractivity contribution in [3.8, 4) is 5.88 Å². The van der Waals surface area contributed by atoms with E-state index in [1.165, 1.54) is 0 Å². The number of halogens is 2. The number of carbonyl (C=O) groups excluding carboxylic acids is 1. The number of ether oxygens (including phenoxy) is 2. The lowest BCUT2D eigenvalue weighted by molar-refractivity contribution is -0.0294. The molecule has 2 bridgehead atoms. The molecular weight excluding hydrogens is 451 g/mol. The number of hydrogen-bond donors (Lipinski definition) is 1. The number of anilines is 1. The Kier molecular flexibility index (Phi) is 4.96. The number of fused-ring (bicyclic) bond motifs is 5. The number of hydrogen-bond acceptors (Lipinski definition) is 7. The van der Waals surface area contributed by atoms with Crippen LogP contribution in [0.15, 0.2) is 0 Å². The maximum atomic E-state index is 15.1. The third kappa shape index (κ3) is 3.23. The number of pyridine rings is 2. The molecule has 1 N–H and O–H groups in total. The minimum absolute atomic E-state index is 0.212. The van der Waals surface area contributed by atoms with Gasteiger partial charge in [0.05, 0.1) is 29.6 Å². The average molecular weight is 479 g/mol. The summed E-state index contributed by atoms with van der Waals surface area (Å²) in [6.45, 7) is 9.39. The van der Waals surface area contributed by atoms with Crippen LogP contribution in [0.4, 0.5) is 15.0 Å². The normalized spacial score (nSPS) is 26.2. The first-order valence-electron chi connectivity index (χ1n) is 11.2. The lowest BCUT2D eigenvalue weighted by Crippen LogP contribution is -2.70. The summed E-state index contributed by atoms with van der Waals surface area (Å²) in [6.07, 6.45) is 0.844. The molecule has 5 rings (SSSR count). The highest BCUT2D eigenvalue weighted by Gasteiger charge is 2.59. The fourth-order valence-corrected chi connectivity index (χ4v) is 5.66. The van der Waals surface area contributed by atoms with Crippen molar-refractivity contribution < 1.29 is 23.8 Å². The first-order valence-corrected chi connectivity index (χ1v) is 11.5. The third-order valence-corrected chi connectivity index (χ3v) is 7.33. The molecule has 2 aromatic rings. The summed E-state index contributed by atoms with van der Waals surface area (Å²) in [5, 5.41) is 11.1. The molecule has 10 heteroatoms. The number of aromatic nitrogens is 2. The van der Waals surface area contributed by atoms with Crippen molar-refractivity contribution in [2.75, 3.05) is 24.7 Å². The van der Waals surface area contributed by atoms with Gasteiger partial charge in [0.2, 0.25) is 5.88 Å². The van der Waals surface area contributed by atoms with E-state index in [4.69, 9.17) is 26.1 Å². The Bertz CT molecular complexity index is 1160. The SMILES string of the molecule is Cc1nc2c3c(nc(Cl)c(F)c3c1C)OC[C@@H]1[C@@H]3CC[C@](CO)(CN21)N3C(=O)OC(C)(C)C. The number of nitrogens with zero attached hydrogens (tertiary/aromatic N) is 4. The second kappa shape index (κ2) is 7.30. The van der Waals surface area contributed by atoms with Crippen molar-refractivity contribution in [2.45, 2.75) is 70.7 Å². The summed E-state index contributed by atoms with van der Waals surface area (Å²) in [7, 11) is 0. The monoisotopic (exact) mass is 478 g/mol. The molecule has 8 nitrogen and oxygen atoms in total. The molecule has 178 valence electrons. The molecule has 0 radical (unpaired) electrons. The van der Waals surface area contributed by atoms with Gasteiger partial charge in [-0.05, 0) is 53.0 Å². The Morgan fingerprint density at radius 3 is 2.70 bits per heavy atom. The number of aliphatic hydroxyl groups excluding tert-OH is 1. The van der Waals surface area contributed by atoms with E-state index in [-0.39, 0.29) is 36.3 Å². The Morgan fingerprint density at radius 1 is 1.30 bits per heavy atom. The van der Waals surface area contributed by atoms with Crippen molar-refractivity contribution in [1.82, 2.24) is 14.9 Å². The van der Waals surface area contributed by atoms with E-state index >= 15 is 4.39 Å². The molecule has 5 heterocycles. The van der Waals surface area contributed by atoms with Gasteiger partial charge in [-0.1, -0.05) is 11.6 Å². The number of aliphatic hydroxyl groups is 1. The van der Waals surface area contributed by atoms with E-state index in [0.29, 0.717) is 47.2 Å². The zero-order valence-corrected chi connectivity index (χ0v) is 20.2. The van der Waals surface area contributed by atoms with Crippen LogP contribution in [0.2, 0.25) is 5.15 Å². The molecule has 0 unspecified atom stereocenters. The average Bonchev–Trinajstić information content (AvgIpc) is 2.94. The molecule has 0 aromatic carbocycles. The largest absolute Gasteiger partial charge is 0.475 e. The van der Waals surface area contributed by atoms with E-state index in [9.17, 15) is 9.90 Å². The Labute approximate surface area is 196 Å². The standard InChI is InChI=1S/C23H28ClFN4O4/c1-11-12(2)26-19-16-15(11)17(25)18(24)27-20(16)32-8-14-13-6-7-23(10-30,9-28(14)19)29(13)21(31)33-22(3,4)5/h13-14,30H,6-10H2,1-5H3/t13-,14+,23+/m0/s1. The molecule has 3 aliphatic heterocycles. The summed E-state index contributed by atoms with van der Waals surface area (Å²) in [4.78, 5) is 26.0. The van der Waals surface area contributed by atoms with Crippen LogP contribution in [0, 0.1) is 19.7 Å². The number of rotatable bonds is 1. The van der Waals surface area contributed by atoms with Gasteiger partial charge in [-0.25, -0.2) is 14.2 Å². The first-order chi connectivity index (χ1) is 15.5. The lowest BCUT2D eigenvalue weighted by atomic mass is 9.94. The first kappa shape index (κ1) is 22.4. The van der Waals surface area contributed by atoms with E-state index in [1.807, 2.05) is 27.7 Å². The predicted molar refractivity (Wildman–Crippen MR) is 122 cm³/mol. The highest BCUT2D eigenvalue weighted by molar-refractivity contribution is 6.30.